The highest BCUT2D eigenvalue weighted by molar-refractivity contribution is 5.94. The molecule has 1 aromatic carbocycles. The predicted octanol–water partition coefficient (Wildman–Crippen LogP) is -1.89. The van der Waals surface area contributed by atoms with Crippen molar-refractivity contribution in [2.75, 3.05) is 6.61 Å². The molecule has 1 fully saturated rings. The molecule has 1 aliphatic rings. The summed E-state index contributed by atoms with van der Waals surface area (Å²) in [5, 5.41) is 68.7. The van der Waals surface area contributed by atoms with Gasteiger partial charge in [-0.15, -0.1) is 0 Å². The zero-order chi connectivity index (χ0) is 23.7. The van der Waals surface area contributed by atoms with Gasteiger partial charge in [-0.3, -0.25) is 9.59 Å². The first-order valence-electron chi connectivity index (χ1n) is 8.95. The van der Waals surface area contributed by atoms with Crippen molar-refractivity contribution < 1.29 is 64.0 Å². The molecule has 32 heavy (non-hydrogen) atoms. The van der Waals surface area contributed by atoms with Crippen LogP contribution in [0.2, 0.25) is 0 Å². The lowest BCUT2D eigenvalue weighted by molar-refractivity contribution is -0.278. The third-order valence-electron chi connectivity index (χ3n) is 4.56. The molecule has 0 spiro atoms. The molecule has 14 heteroatoms. The number of aliphatic hydroxyl groups excluding tert-OH is 3. The van der Waals surface area contributed by atoms with Gasteiger partial charge in [-0.25, -0.2) is 4.79 Å². The second kappa shape index (κ2) is 8.88. The van der Waals surface area contributed by atoms with Gasteiger partial charge in [-0.05, 0) is 6.07 Å². The molecule has 0 amide bonds. The van der Waals surface area contributed by atoms with Crippen LogP contribution in [0.4, 0.5) is 0 Å². The first-order valence-corrected chi connectivity index (χ1v) is 8.95. The standard InChI is InChI=1S/C18H18O14/c19-7(20)3-9(22)29-4-6-10(23)11(24)15(28)18(30-6)32-17-5-1-2-8(21)31-16(5)13(26)12(25)14(17)27/h1-2,6,10-11,15,18,23-28H,3-4H2,(H,19,20). The van der Waals surface area contributed by atoms with Crippen molar-refractivity contribution >= 4 is 22.9 Å². The molecule has 14 nitrogen and oxygen atoms in total. The third-order valence-corrected chi connectivity index (χ3v) is 4.56. The van der Waals surface area contributed by atoms with Gasteiger partial charge in [-0.2, -0.15) is 0 Å². The number of carbonyl (C=O) groups excluding carboxylic acids is 1. The van der Waals surface area contributed by atoms with E-state index in [1.54, 1.807) is 0 Å². The van der Waals surface area contributed by atoms with Crippen molar-refractivity contribution in [2.45, 2.75) is 37.1 Å². The summed E-state index contributed by atoms with van der Waals surface area (Å²) in [5.41, 5.74) is -1.47. The summed E-state index contributed by atoms with van der Waals surface area (Å²) in [5.74, 6) is -6.34. The number of benzene rings is 1. The molecule has 0 radical (unpaired) electrons. The van der Waals surface area contributed by atoms with Gasteiger partial charge in [0, 0.05) is 6.07 Å². The van der Waals surface area contributed by atoms with Crippen LogP contribution in [0.5, 0.6) is 23.0 Å². The summed E-state index contributed by atoms with van der Waals surface area (Å²) in [7, 11) is 0. The maximum atomic E-state index is 11.4. The zero-order valence-corrected chi connectivity index (χ0v) is 15.9. The second-order valence-corrected chi connectivity index (χ2v) is 6.76. The van der Waals surface area contributed by atoms with Crippen LogP contribution in [0.15, 0.2) is 21.3 Å². The molecule has 2 heterocycles. The average molecular weight is 458 g/mol. The molecule has 0 aliphatic carbocycles. The number of aliphatic hydroxyl groups is 3. The Kier molecular flexibility index (Phi) is 6.40. The molecular formula is C18H18O14. The Bertz CT molecular complexity index is 1090. The number of carboxylic acid groups (broad SMARTS) is 1. The molecule has 2 aromatic rings. The number of ether oxygens (including phenoxy) is 3. The van der Waals surface area contributed by atoms with E-state index in [1.165, 1.54) is 0 Å². The minimum absolute atomic E-state index is 0.224. The molecular weight excluding hydrogens is 440 g/mol. The first-order chi connectivity index (χ1) is 15.0. The number of aromatic hydroxyl groups is 3. The van der Waals surface area contributed by atoms with E-state index in [0.717, 1.165) is 12.1 Å². The molecule has 1 saturated heterocycles. The molecule has 7 N–H and O–H groups in total. The fourth-order valence-electron chi connectivity index (χ4n) is 2.96. The van der Waals surface area contributed by atoms with E-state index >= 15 is 0 Å². The number of hydrogen-bond donors (Lipinski definition) is 7. The van der Waals surface area contributed by atoms with Gasteiger partial charge >= 0.3 is 17.6 Å². The van der Waals surface area contributed by atoms with Crippen LogP contribution in [-0.4, -0.2) is 85.0 Å². The van der Waals surface area contributed by atoms with Crippen LogP contribution in [0.25, 0.3) is 11.0 Å². The molecule has 5 atom stereocenters. The topological polar surface area (TPSA) is 234 Å². The van der Waals surface area contributed by atoms with Crippen LogP contribution in [0, 0.1) is 0 Å². The van der Waals surface area contributed by atoms with Crippen LogP contribution < -0.4 is 10.4 Å². The van der Waals surface area contributed by atoms with Gasteiger partial charge in [0.15, 0.2) is 11.3 Å². The van der Waals surface area contributed by atoms with E-state index < -0.39 is 89.9 Å². The van der Waals surface area contributed by atoms with Gasteiger partial charge in [0.1, 0.15) is 37.4 Å². The monoisotopic (exact) mass is 458 g/mol. The summed E-state index contributed by atoms with van der Waals surface area (Å²) in [4.78, 5) is 33.4. The Balaban J connectivity index is 1.89. The Morgan fingerprint density at radius 3 is 2.31 bits per heavy atom. The summed E-state index contributed by atoms with van der Waals surface area (Å²) in [6, 6.07) is 1.98. The fourth-order valence-corrected chi connectivity index (χ4v) is 2.96. The average Bonchev–Trinajstić information content (AvgIpc) is 2.73. The summed E-state index contributed by atoms with van der Waals surface area (Å²) < 4.78 is 20.1. The number of fused-ring (bicyclic) bond motifs is 1. The Morgan fingerprint density at radius 2 is 1.66 bits per heavy atom. The molecule has 0 saturated carbocycles. The zero-order valence-electron chi connectivity index (χ0n) is 15.9. The van der Waals surface area contributed by atoms with Crippen LogP contribution in [0.3, 0.4) is 0 Å². The van der Waals surface area contributed by atoms with E-state index in [4.69, 9.17) is 19.0 Å². The molecule has 1 aliphatic heterocycles. The number of phenols is 3. The normalized spacial score (nSPS) is 25.4. The lowest BCUT2D eigenvalue weighted by atomic mass is 9.99. The minimum Gasteiger partial charge on any atom is -0.502 e. The summed E-state index contributed by atoms with van der Waals surface area (Å²) >= 11 is 0. The van der Waals surface area contributed by atoms with Crippen LogP contribution in [0.1, 0.15) is 6.42 Å². The SMILES string of the molecule is O=C(O)CC(=O)OCC1OC(Oc2c(O)c(O)c(O)c3oc(=O)ccc23)C(O)C(O)C1O. The maximum absolute atomic E-state index is 11.4. The highest BCUT2D eigenvalue weighted by Crippen LogP contribution is 2.49. The Labute approximate surface area is 177 Å². The Morgan fingerprint density at radius 1 is 0.969 bits per heavy atom. The molecule has 174 valence electrons. The van der Waals surface area contributed by atoms with E-state index in [0.29, 0.717) is 0 Å². The number of phenolic OH excluding ortho intramolecular Hbond substituents is 3. The molecule has 0 bridgehead atoms. The summed E-state index contributed by atoms with van der Waals surface area (Å²) in [6.45, 7) is -0.723. The fraction of sp³-hybridized carbons (Fsp3) is 0.389. The van der Waals surface area contributed by atoms with Gasteiger partial charge in [0.05, 0.1) is 5.39 Å². The van der Waals surface area contributed by atoms with Gasteiger partial charge in [-0.1, -0.05) is 0 Å². The molecule has 5 unspecified atom stereocenters. The minimum atomic E-state index is -1.92. The number of esters is 1. The number of carbonyl (C=O) groups is 2. The smallest absolute Gasteiger partial charge is 0.336 e. The quantitative estimate of drug-likeness (QED) is 0.109. The van der Waals surface area contributed by atoms with E-state index in [-0.39, 0.29) is 5.39 Å². The van der Waals surface area contributed by atoms with E-state index in [9.17, 15) is 45.0 Å². The van der Waals surface area contributed by atoms with Gasteiger partial charge < -0.3 is 54.4 Å². The maximum Gasteiger partial charge on any atom is 0.336 e. The Hall–Kier alpha value is -3.59. The van der Waals surface area contributed by atoms with Crippen molar-refractivity contribution in [3.8, 4) is 23.0 Å². The van der Waals surface area contributed by atoms with Crippen molar-refractivity contribution in [1.29, 1.82) is 0 Å². The predicted molar refractivity (Wildman–Crippen MR) is 98.0 cm³/mol. The van der Waals surface area contributed by atoms with Gasteiger partial charge in [0.2, 0.25) is 23.5 Å². The lowest BCUT2D eigenvalue weighted by Crippen LogP contribution is -2.60. The van der Waals surface area contributed by atoms with Crippen molar-refractivity contribution in [3.05, 3.63) is 22.6 Å². The van der Waals surface area contributed by atoms with E-state index in [2.05, 4.69) is 4.74 Å². The summed E-state index contributed by atoms with van der Waals surface area (Å²) in [6.07, 6.45) is -9.88. The third kappa shape index (κ3) is 4.38. The van der Waals surface area contributed by atoms with Crippen molar-refractivity contribution in [1.82, 2.24) is 0 Å². The van der Waals surface area contributed by atoms with Crippen molar-refractivity contribution in [3.63, 3.8) is 0 Å². The van der Waals surface area contributed by atoms with Crippen LogP contribution >= 0.6 is 0 Å². The molecule has 3 rings (SSSR count). The van der Waals surface area contributed by atoms with Crippen LogP contribution in [-0.2, 0) is 19.1 Å². The number of aliphatic carboxylic acids is 1. The van der Waals surface area contributed by atoms with E-state index in [1.807, 2.05) is 0 Å². The molecule has 1 aromatic heterocycles. The number of rotatable bonds is 6. The number of hydrogen-bond acceptors (Lipinski definition) is 13. The lowest BCUT2D eigenvalue weighted by Gasteiger charge is -2.40. The second-order valence-electron chi connectivity index (χ2n) is 6.76. The van der Waals surface area contributed by atoms with Crippen molar-refractivity contribution in [2.24, 2.45) is 0 Å². The first kappa shape index (κ1) is 23.1. The number of carboxylic acids is 1. The van der Waals surface area contributed by atoms with Gasteiger partial charge in [0.25, 0.3) is 0 Å². The highest BCUT2D eigenvalue weighted by atomic mass is 16.7. The largest absolute Gasteiger partial charge is 0.502 e. The highest BCUT2D eigenvalue weighted by Gasteiger charge is 2.46.